The Labute approximate surface area is 197 Å². The van der Waals surface area contributed by atoms with E-state index in [0.717, 1.165) is 0 Å². The third-order valence-corrected chi connectivity index (χ3v) is 5.60. The van der Waals surface area contributed by atoms with Gasteiger partial charge in [-0.05, 0) is 18.9 Å². The summed E-state index contributed by atoms with van der Waals surface area (Å²) in [5.74, 6) is -3.82. The molecular weight excluding hydrogens is 450 g/mol. The van der Waals surface area contributed by atoms with Gasteiger partial charge < -0.3 is 29.2 Å². The highest BCUT2D eigenvalue weighted by Crippen LogP contribution is 2.33. The molecule has 5 atom stereocenters. The Bertz CT molecular complexity index is 884. The summed E-state index contributed by atoms with van der Waals surface area (Å²) in [5.41, 5.74) is 0.0126. The van der Waals surface area contributed by atoms with Gasteiger partial charge in [-0.1, -0.05) is 20.8 Å². The van der Waals surface area contributed by atoms with Crippen LogP contribution in [0, 0.1) is 5.92 Å². The number of hydrogen-bond acceptors (Lipinski definition) is 9. The second-order valence-corrected chi connectivity index (χ2v) is 8.12. The van der Waals surface area contributed by atoms with Gasteiger partial charge in [0.05, 0.1) is 6.42 Å². The first-order chi connectivity index (χ1) is 16.1. The van der Waals surface area contributed by atoms with Crippen molar-refractivity contribution in [2.24, 2.45) is 5.92 Å². The molecule has 11 nitrogen and oxygen atoms in total. The third-order valence-electron chi connectivity index (χ3n) is 5.60. The molecule has 1 unspecified atom stereocenters. The Morgan fingerprint density at radius 1 is 1.21 bits per heavy atom. The molecule has 1 fully saturated rings. The number of pyridine rings is 1. The van der Waals surface area contributed by atoms with E-state index in [-0.39, 0.29) is 18.3 Å². The van der Waals surface area contributed by atoms with E-state index in [1.165, 1.54) is 29.8 Å². The zero-order chi connectivity index (χ0) is 25.4. The zero-order valence-electron chi connectivity index (χ0n) is 19.7. The molecule has 0 radical (unpaired) electrons. The Morgan fingerprint density at radius 3 is 2.47 bits per heavy atom. The number of esters is 3. The van der Waals surface area contributed by atoms with Crippen LogP contribution in [0.5, 0.6) is 0 Å². The molecule has 1 aromatic heterocycles. The largest absolute Gasteiger partial charge is 0.477 e. The maximum atomic E-state index is 12.2. The molecule has 1 aromatic rings. The highest BCUT2D eigenvalue weighted by molar-refractivity contribution is 5.86. The van der Waals surface area contributed by atoms with Crippen molar-refractivity contribution in [2.45, 2.75) is 77.6 Å². The number of rotatable bonds is 11. The van der Waals surface area contributed by atoms with E-state index in [0.29, 0.717) is 12.8 Å². The fraction of sp³-hybridized carbons (Fsp3) is 0.609. The average molecular weight is 483 g/mol. The Balaban J connectivity index is 2.03. The minimum atomic E-state index is -1.69. The lowest BCUT2D eigenvalue weighted by atomic mass is 10.0. The highest BCUT2D eigenvalue weighted by Gasteiger charge is 2.50. The van der Waals surface area contributed by atoms with Gasteiger partial charge in [0.25, 0.3) is 0 Å². The second kappa shape index (κ2) is 12.4. The first-order valence-electron chi connectivity index (χ1n) is 11.2. The number of aromatic nitrogens is 1. The number of nitrogens with zero attached hydrogens (tertiary/aromatic N) is 1. The third kappa shape index (κ3) is 7.22. The van der Waals surface area contributed by atoms with Crippen molar-refractivity contribution < 1.29 is 52.9 Å². The van der Waals surface area contributed by atoms with Crippen molar-refractivity contribution in [2.75, 3.05) is 6.61 Å². The average Bonchev–Trinajstić information content (AvgIpc) is 3.10. The van der Waals surface area contributed by atoms with Crippen LogP contribution in [-0.4, -0.2) is 65.1 Å². The smallest absolute Gasteiger partial charge is 0.341 e. The summed E-state index contributed by atoms with van der Waals surface area (Å²) in [7, 11) is 0. The van der Waals surface area contributed by atoms with Crippen LogP contribution in [0.25, 0.3) is 0 Å². The van der Waals surface area contributed by atoms with Crippen LogP contribution < -0.4 is 4.57 Å². The van der Waals surface area contributed by atoms with E-state index >= 15 is 0 Å². The first-order valence-corrected chi connectivity index (χ1v) is 11.2. The van der Waals surface area contributed by atoms with E-state index in [4.69, 9.17) is 18.9 Å². The number of hydrogen-bond donors (Lipinski definition) is 2. The Kier molecular flexibility index (Phi) is 9.94. The molecule has 34 heavy (non-hydrogen) atoms. The molecule has 2 N–H and O–H groups in total. The van der Waals surface area contributed by atoms with Crippen LogP contribution in [-0.2, 0) is 33.3 Å². The van der Waals surface area contributed by atoms with Crippen molar-refractivity contribution in [3.63, 3.8) is 0 Å². The van der Waals surface area contributed by atoms with Crippen LogP contribution in [0.4, 0.5) is 0 Å². The van der Waals surface area contributed by atoms with Gasteiger partial charge in [0.15, 0.2) is 24.6 Å². The van der Waals surface area contributed by atoms with Gasteiger partial charge in [-0.25, -0.2) is 9.59 Å². The van der Waals surface area contributed by atoms with Crippen molar-refractivity contribution in [1.82, 2.24) is 0 Å². The van der Waals surface area contributed by atoms with E-state index < -0.39 is 60.8 Å². The summed E-state index contributed by atoms with van der Waals surface area (Å²) in [5, 5.41) is 19.3. The van der Waals surface area contributed by atoms with Crippen LogP contribution in [0.3, 0.4) is 0 Å². The summed E-state index contributed by atoms with van der Waals surface area (Å²) < 4.78 is 23.1. The fourth-order valence-electron chi connectivity index (χ4n) is 3.61. The standard InChI is InChI=1S/C23H31NO10/c1-5-16(6-2)33-19(27)10-17(26)23(30)31-12-18-13(3)20(32-14(4)25)21(34-18)24-9-7-8-15(11-24)22(28)29/h7-9,11,13,16-18,20-21,26H,5-6,10,12H2,1-4H3/p+1/t13-,17+,18-,20?,21-/m1/s1. The predicted molar refractivity (Wildman–Crippen MR) is 114 cm³/mol. The quantitative estimate of drug-likeness (QED) is 0.267. The number of aliphatic hydroxyl groups is 1. The minimum Gasteiger partial charge on any atom is -0.477 e. The Hall–Kier alpha value is -3.05. The number of carboxylic acid groups (broad SMARTS) is 1. The molecule has 0 saturated carbocycles. The molecule has 1 aliphatic rings. The summed E-state index contributed by atoms with van der Waals surface area (Å²) in [6.07, 6.45) is -0.706. The molecule has 2 rings (SSSR count). The highest BCUT2D eigenvalue weighted by atomic mass is 16.6. The van der Waals surface area contributed by atoms with E-state index in [9.17, 15) is 29.4 Å². The van der Waals surface area contributed by atoms with Gasteiger partial charge in [0.2, 0.25) is 0 Å². The monoisotopic (exact) mass is 482 g/mol. The van der Waals surface area contributed by atoms with E-state index in [2.05, 4.69) is 0 Å². The molecule has 0 bridgehead atoms. The molecule has 0 amide bonds. The number of aromatic carboxylic acids is 1. The molecule has 0 aromatic carbocycles. The lowest BCUT2D eigenvalue weighted by Crippen LogP contribution is -2.46. The van der Waals surface area contributed by atoms with E-state index in [1.807, 2.05) is 13.8 Å². The molecule has 11 heteroatoms. The maximum Gasteiger partial charge on any atom is 0.341 e. The molecule has 188 valence electrons. The SMILES string of the molecule is CCC(CC)OC(=O)C[C@H](O)C(=O)OC[C@H]1O[C@@H]([n+]2cccc(C(=O)O)c2)C(OC(C)=O)[C@@H]1C. The zero-order valence-corrected chi connectivity index (χ0v) is 19.7. The van der Waals surface area contributed by atoms with Crippen LogP contribution in [0.15, 0.2) is 24.5 Å². The molecule has 1 saturated heterocycles. The number of carbonyl (C=O) groups excluding carboxylic acids is 3. The second-order valence-electron chi connectivity index (χ2n) is 8.12. The maximum absolute atomic E-state index is 12.2. The fourth-order valence-corrected chi connectivity index (χ4v) is 3.61. The summed E-state index contributed by atoms with van der Waals surface area (Å²) >= 11 is 0. The summed E-state index contributed by atoms with van der Waals surface area (Å²) in [4.78, 5) is 47.1. The predicted octanol–water partition coefficient (Wildman–Crippen LogP) is 1.16. The minimum absolute atomic E-state index is 0.0126. The molecule has 0 spiro atoms. The molecular formula is C23H32NO10+. The number of carboxylic acids is 1. The van der Waals surface area contributed by atoms with Crippen LogP contribution in [0.2, 0.25) is 0 Å². The topological polar surface area (TPSA) is 150 Å². The van der Waals surface area contributed by atoms with Crippen molar-refractivity contribution in [3.05, 3.63) is 30.1 Å². The van der Waals surface area contributed by atoms with Crippen LogP contribution in [0.1, 0.15) is 63.5 Å². The van der Waals surface area contributed by atoms with Gasteiger partial charge in [0, 0.05) is 18.9 Å². The number of carbonyl (C=O) groups is 4. The van der Waals surface area contributed by atoms with Gasteiger partial charge in [-0.3, -0.25) is 9.59 Å². The van der Waals surface area contributed by atoms with Gasteiger partial charge >= 0.3 is 30.1 Å². The number of ether oxygens (including phenoxy) is 4. The van der Waals surface area contributed by atoms with Crippen LogP contribution >= 0.6 is 0 Å². The normalized spacial score (nSPS) is 22.8. The summed E-state index contributed by atoms with van der Waals surface area (Å²) in [6, 6.07) is 2.93. The van der Waals surface area contributed by atoms with Crippen molar-refractivity contribution in [3.8, 4) is 0 Å². The first kappa shape index (κ1) is 27.2. The van der Waals surface area contributed by atoms with Gasteiger partial charge in [-0.15, -0.1) is 0 Å². The Morgan fingerprint density at radius 2 is 1.88 bits per heavy atom. The van der Waals surface area contributed by atoms with Crippen molar-refractivity contribution >= 4 is 23.9 Å². The van der Waals surface area contributed by atoms with Gasteiger partial charge in [-0.2, -0.15) is 4.57 Å². The molecule has 2 heterocycles. The lowest BCUT2D eigenvalue weighted by molar-refractivity contribution is -0.765. The summed E-state index contributed by atoms with van der Waals surface area (Å²) in [6.45, 7) is 6.43. The molecule has 1 aliphatic heterocycles. The van der Waals surface area contributed by atoms with E-state index in [1.54, 1.807) is 13.1 Å². The van der Waals surface area contributed by atoms with Crippen molar-refractivity contribution in [1.29, 1.82) is 0 Å². The van der Waals surface area contributed by atoms with Gasteiger partial charge in [0.1, 0.15) is 24.4 Å². The molecule has 0 aliphatic carbocycles. The number of aliphatic hydroxyl groups excluding tert-OH is 1. The lowest BCUT2D eigenvalue weighted by Gasteiger charge is -2.18.